The third-order valence-corrected chi connectivity index (χ3v) is 11.1. The first kappa shape index (κ1) is 28.3. The summed E-state index contributed by atoms with van der Waals surface area (Å²) in [6.07, 6.45) is 5.25. The first-order valence-corrected chi connectivity index (χ1v) is 17.5. The van der Waals surface area contributed by atoms with Crippen molar-refractivity contribution in [3.05, 3.63) is 120 Å². The maximum absolute atomic E-state index is 5.46. The fourth-order valence-corrected chi connectivity index (χ4v) is 8.90. The fraction of sp³-hybridized carbons (Fsp3) is 0.262. The van der Waals surface area contributed by atoms with E-state index in [1.54, 1.807) is 0 Å². The van der Waals surface area contributed by atoms with Gasteiger partial charge in [0.1, 0.15) is 5.82 Å². The Labute approximate surface area is 270 Å². The maximum atomic E-state index is 5.46. The molecule has 7 aromatic rings. The lowest BCUT2D eigenvalue weighted by Gasteiger charge is -2.24. The van der Waals surface area contributed by atoms with Gasteiger partial charge in [0.2, 0.25) is 0 Å². The highest BCUT2D eigenvalue weighted by Gasteiger charge is 2.27. The number of hydrogen-bond donors (Lipinski definition) is 0. The third-order valence-electron chi connectivity index (χ3n) is 9.90. The summed E-state index contributed by atoms with van der Waals surface area (Å²) in [5.74, 6) is 2.36. The Kier molecular flexibility index (Phi) is 7.10. The highest BCUT2D eigenvalue weighted by molar-refractivity contribution is 7.26. The summed E-state index contributed by atoms with van der Waals surface area (Å²) < 4.78 is 5.23. The molecule has 0 N–H and O–H groups in total. The van der Waals surface area contributed by atoms with Crippen molar-refractivity contribution in [3.8, 4) is 28.2 Å². The molecule has 1 fully saturated rings. The molecule has 1 aliphatic rings. The average Bonchev–Trinajstić information content (AvgIpc) is 3.82. The second kappa shape index (κ2) is 11.3. The molecule has 1 aliphatic carbocycles. The molecule has 2 aromatic heterocycles. The molecule has 0 atom stereocenters. The van der Waals surface area contributed by atoms with Crippen LogP contribution in [0, 0.1) is 0 Å². The Balaban J connectivity index is 1.47. The summed E-state index contributed by atoms with van der Waals surface area (Å²) in [6.45, 7) is 9.32. The van der Waals surface area contributed by atoms with E-state index in [2.05, 4.69) is 135 Å². The minimum absolute atomic E-state index is 0.337. The quantitative estimate of drug-likeness (QED) is 0.185. The third kappa shape index (κ3) is 4.71. The average molecular weight is 605 g/mol. The number of fused-ring (bicyclic) bond motifs is 4. The molecule has 0 bridgehead atoms. The van der Waals surface area contributed by atoms with Crippen LogP contribution >= 0.6 is 11.3 Å². The molecule has 2 heterocycles. The van der Waals surface area contributed by atoms with Crippen LogP contribution in [0.25, 0.3) is 59.4 Å². The zero-order valence-electron chi connectivity index (χ0n) is 26.7. The van der Waals surface area contributed by atoms with Gasteiger partial charge in [0.05, 0.1) is 16.7 Å². The van der Waals surface area contributed by atoms with Gasteiger partial charge in [0.25, 0.3) is 0 Å². The lowest BCUT2D eigenvalue weighted by atomic mass is 9.88. The molecule has 2 nitrogen and oxygen atoms in total. The van der Waals surface area contributed by atoms with Crippen LogP contribution in [0.15, 0.2) is 103 Å². The molecule has 5 aromatic carbocycles. The van der Waals surface area contributed by atoms with Gasteiger partial charge >= 0.3 is 0 Å². The summed E-state index contributed by atoms with van der Waals surface area (Å²) >= 11 is 1.94. The molecule has 0 aliphatic heterocycles. The van der Waals surface area contributed by atoms with Crippen LogP contribution in [0.3, 0.4) is 0 Å². The van der Waals surface area contributed by atoms with Crippen molar-refractivity contribution in [2.24, 2.45) is 0 Å². The van der Waals surface area contributed by atoms with Crippen LogP contribution in [0.5, 0.6) is 0 Å². The lowest BCUT2D eigenvalue weighted by Crippen LogP contribution is -2.09. The van der Waals surface area contributed by atoms with E-state index in [4.69, 9.17) is 4.98 Å². The predicted molar refractivity (Wildman–Crippen MR) is 194 cm³/mol. The van der Waals surface area contributed by atoms with Crippen LogP contribution in [0.2, 0.25) is 0 Å². The van der Waals surface area contributed by atoms with Gasteiger partial charge in [0, 0.05) is 25.7 Å². The molecule has 0 saturated heterocycles. The van der Waals surface area contributed by atoms with Crippen molar-refractivity contribution in [1.29, 1.82) is 0 Å². The smallest absolute Gasteiger partial charge is 0.147 e. The number of aromatic nitrogens is 2. The van der Waals surface area contributed by atoms with Crippen LogP contribution in [0.1, 0.15) is 87.8 Å². The summed E-state index contributed by atoms with van der Waals surface area (Å²) in [5, 5.41) is 2.84. The monoisotopic (exact) mass is 604 g/mol. The van der Waals surface area contributed by atoms with E-state index in [1.807, 2.05) is 11.3 Å². The standard InChI is InChI=1S/C42H40N2S/c1-26(2)34-24-30(28-14-6-5-7-15-28)25-35(27(3)4)40(34)44-37-20-12-11-19-36(37)43-42(44)33-23-22-31(29-16-8-9-17-29)39-32-18-10-13-21-38(32)45-41(33)39/h5-7,10-15,18-27,29H,8-9,16-17H2,1-4H3. The van der Waals surface area contributed by atoms with Gasteiger partial charge in [-0.3, -0.25) is 4.57 Å². The Morgan fingerprint density at radius 3 is 2.11 bits per heavy atom. The van der Waals surface area contributed by atoms with E-state index in [9.17, 15) is 0 Å². The summed E-state index contributed by atoms with van der Waals surface area (Å²) in [7, 11) is 0. The molecule has 1 saturated carbocycles. The number of benzene rings is 5. The van der Waals surface area contributed by atoms with Crippen molar-refractivity contribution in [3.63, 3.8) is 0 Å². The predicted octanol–water partition coefficient (Wildman–Crippen LogP) is 12.6. The minimum Gasteiger partial charge on any atom is -0.292 e. The van der Waals surface area contributed by atoms with E-state index < -0.39 is 0 Å². The SMILES string of the molecule is CC(C)c1cc(-c2ccccc2)cc(C(C)C)c1-n1c(-c2ccc(C3CCCC3)c3c2sc2ccccc23)nc2ccccc21. The summed E-state index contributed by atoms with van der Waals surface area (Å²) in [4.78, 5) is 5.46. The van der Waals surface area contributed by atoms with Crippen molar-refractivity contribution < 1.29 is 0 Å². The molecule has 0 unspecified atom stereocenters. The van der Waals surface area contributed by atoms with E-state index in [-0.39, 0.29) is 0 Å². The zero-order valence-corrected chi connectivity index (χ0v) is 27.5. The molecule has 3 heteroatoms. The fourth-order valence-electron chi connectivity index (χ4n) is 7.66. The van der Waals surface area contributed by atoms with E-state index in [0.29, 0.717) is 17.8 Å². The number of para-hydroxylation sites is 2. The van der Waals surface area contributed by atoms with Gasteiger partial charge in [-0.1, -0.05) is 107 Å². The highest BCUT2D eigenvalue weighted by atomic mass is 32.1. The van der Waals surface area contributed by atoms with Crippen LogP contribution < -0.4 is 0 Å². The van der Waals surface area contributed by atoms with Crippen molar-refractivity contribution in [1.82, 2.24) is 9.55 Å². The molecule has 0 spiro atoms. The molecular formula is C42H40N2S. The normalized spacial score (nSPS) is 14.2. The first-order chi connectivity index (χ1) is 22.0. The summed E-state index contributed by atoms with van der Waals surface area (Å²) in [6, 6.07) is 38.2. The maximum Gasteiger partial charge on any atom is 0.147 e. The van der Waals surface area contributed by atoms with E-state index in [0.717, 1.165) is 16.9 Å². The Hall–Kier alpha value is -4.21. The largest absolute Gasteiger partial charge is 0.292 e. The van der Waals surface area contributed by atoms with Crippen molar-refractivity contribution >= 4 is 42.5 Å². The van der Waals surface area contributed by atoms with E-state index in [1.165, 1.54) is 84.9 Å². The second-order valence-corrected chi connectivity index (χ2v) is 14.5. The molecule has 0 radical (unpaired) electrons. The zero-order chi connectivity index (χ0) is 30.7. The van der Waals surface area contributed by atoms with Crippen LogP contribution in [-0.4, -0.2) is 9.55 Å². The summed E-state index contributed by atoms with van der Waals surface area (Å²) in [5.41, 5.74) is 11.5. The van der Waals surface area contributed by atoms with E-state index >= 15 is 0 Å². The van der Waals surface area contributed by atoms with Crippen molar-refractivity contribution in [2.75, 3.05) is 0 Å². The number of imidazole rings is 1. The van der Waals surface area contributed by atoms with Crippen LogP contribution in [-0.2, 0) is 0 Å². The highest BCUT2D eigenvalue weighted by Crippen LogP contribution is 2.48. The number of rotatable bonds is 6. The van der Waals surface area contributed by atoms with Gasteiger partial charge in [-0.2, -0.15) is 0 Å². The van der Waals surface area contributed by atoms with Gasteiger partial charge in [-0.15, -0.1) is 11.3 Å². The van der Waals surface area contributed by atoms with Crippen molar-refractivity contribution in [2.45, 2.75) is 71.1 Å². The van der Waals surface area contributed by atoms with Gasteiger partial charge in [-0.25, -0.2) is 4.98 Å². The molecule has 0 amide bonds. The Morgan fingerprint density at radius 1 is 0.711 bits per heavy atom. The minimum atomic E-state index is 0.337. The number of nitrogens with zero attached hydrogens (tertiary/aromatic N) is 2. The number of hydrogen-bond acceptors (Lipinski definition) is 2. The van der Waals surface area contributed by atoms with Gasteiger partial charge < -0.3 is 0 Å². The van der Waals surface area contributed by atoms with Gasteiger partial charge in [0.15, 0.2) is 0 Å². The topological polar surface area (TPSA) is 17.8 Å². The molecule has 8 rings (SSSR count). The Bertz CT molecular complexity index is 2140. The van der Waals surface area contributed by atoms with Crippen LogP contribution in [0.4, 0.5) is 0 Å². The van der Waals surface area contributed by atoms with Gasteiger partial charge in [-0.05, 0) is 94.8 Å². The second-order valence-electron chi connectivity index (χ2n) is 13.4. The first-order valence-electron chi connectivity index (χ1n) is 16.6. The molecule has 45 heavy (non-hydrogen) atoms. The Morgan fingerprint density at radius 2 is 1.38 bits per heavy atom. The molecule has 224 valence electrons. The lowest BCUT2D eigenvalue weighted by molar-refractivity contribution is 0.730. The molecular weight excluding hydrogens is 565 g/mol. The number of thiophene rings is 1.